The number of nitrogens with zero attached hydrogens (tertiary/aromatic N) is 1. The molecule has 1 saturated carbocycles. The molecular formula is C29H26F5NO3S. The van der Waals surface area contributed by atoms with Gasteiger partial charge in [-0.2, -0.15) is 13.2 Å². The van der Waals surface area contributed by atoms with E-state index in [2.05, 4.69) is 4.99 Å². The fraction of sp³-hybridized carbons (Fsp3) is 0.345. The minimum atomic E-state index is -4.49. The molecule has 4 nitrogen and oxygen atoms in total. The second kappa shape index (κ2) is 10.0. The van der Waals surface area contributed by atoms with Crippen LogP contribution in [0.5, 0.6) is 5.75 Å². The Bertz CT molecular complexity index is 1520. The van der Waals surface area contributed by atoms with Crippen LogP contribution in [0.1, 0.15) is 41.5 Å². The van der Waals surface area contributed by atoms with E-state index in [0.29, 0.717) is 30.5 Å². The van der Waals surface area contributed by atoms with Gasteiger partial charge in [0.15, 0.2) is 21.4 Å². The maximum atomic E-state index is 15.3. The Balaban J connectivity index is 1.47. The first-order chi connectivity index (χ1) is 18.4. The van der Waals surface area contributed by atoms with E-state index in [9.17, 15) is 26.0 Å². The molecule has 0 N–H and O–H groups in total. The molecule has 0 unspecified atom stereocenters. The van der Waals surface area contributed by atoms with Crippen molar-refractivity contribution in [1.29, 1.82) is 0 Å². The van der Waals surface area contributed by atoms with Crippen LogP contribution in [0.15, 0.2) is 70.6 Å². The SMILES string of the molecule is Cc1ccc(S(=O)(=O)CN=C2CC[C@@]3(Cc4ccc(C(F)(F)F)cc4)c4c(F)ccc(F)c4OC[C@H]3C2)cc1. The summed E-state index contributed by atoms with van der Waals surface area (Å²) in [5.41, 5.74) is 0.421. The lowest BCUT2D eigenvalue weighted by Gasteiger charge is -2.48. The third kappa shape index (κ3) is 5.31. The number of sulfone groups is 1. The normalized spacial score (nSPS) is 22.2. The molecule has 5 rings (SSSR count). The highest BCUT2D eigenvalue weighted by atomic mass is 32.2. The van der Waals surface area contributed by atoms with E-state index in [1.807, 2.05) is 6.92 Å². The second-order valence-electron chi connectivity index (χ2n) is 10.3. The Morgan fingerprint density at radius 1 is 0.974 bits per heavy atom. The predicted molar refractivity (Wildman–Crippen MR) is 137 cm³/mol. The van der Waals surface area contributed by atoms with Crippen molar-refractivity contribution in [3.63, 3.8) is 0 Å². The van der Waals surface area contributed by atoms with Gasteiger partial charge >= 0.3 is 6.18 Å². The third-order valence-corrected chi connectivity index (χ3v) is 9.21. The molecule has 1 heterocycles. The number of hydrogen-bond donors (Lipinski definition) is 0. The van der Waals surface area contributed by atoms with Gasteiger partial charge in [0.05, 0.1) is 17.1 Å². The van der Waals surface area contributed by atoms with E-state index >= 15 is 4.39 Å². The molecule has 39 heavy (non-hydrogen) atoms. The van der Waals surface area contributed by atoms with Gasteiger partial charge in [0, 0.05) is 22.6 Å². The van der Waals surface area contributed by atoms with Crippen molar-refractivity contribution >= 4 is 15.5 Å². The van der Waals surface area contributed by atoms with E-state index in [4.69, 9.17) is 4.74 Å². The fourth-order valence-corrected chi connectivity index (χ4v) is 6.71. The quantitative estimate of drug-likeness (QED) is 0.320. The van der Waals surface area contributed by atoms with Crippen LogP contribution in [-0.4, -0.2) is 26.6 Å². The Kier molecular flexibility index (Phi) is 7.03. The van der Waals surface area contributed by atoms with Crippen LogP contribution in [0.2, 0.25) is 0 Å². The predicted octanol–water partition coefficient (Wildman–Crippen LogP) is 6.84. The molecule has 0 amide bonds. The molecule has 206 valence electrons. The minimum absolute atomic E-state index is 0.0394. The van der Waals surface area contributed by atoms with Crippen molar-refractivity contribution in [2.45, 2.75) is 49.1 Å². The first kappa shape index (κ1) is 27.3. The molecule has 0 spiro atoms. The van der Waals surface area contributed by atoms with Crippen LogP contribution in [0.4, 0.5) is 22.0 Å². The van der Waals surface area contributed by atoms with Gasteiger partial charge in [0.25, 0.3) is 0 Å². The minimum Gasteiger partial charge on any atom is -0.490 e. The van der Waals surface area contributed by atoms with Gasteiger partial charge in [-0.05, 0) is 74.6 Å². The van der Waals surface area contributed by atoms with E-state index < -0.39 is 50.4 Å². The largest absolute Gasteiger partial charge is 0.490 e. The maximum absolute atomic E-state index is 15.3. The third-order valence-electron chi connectivity index (χ3n) is 7.75. The average Bonchev–Trinajstić information content (AvgIpc) is 2.89. The Morgan fingerprint density at radius 2 is 1.64 bits per heavy atom. The van der Waals surface area contributed by atoms with Crippen molar-refractivity contribution in [2.24, 2.45) is 10.9 Å². The number of halogens is 5. The maximum Gasteiger partial charge on any atom is 0.416 e. The number of aliphatic imine (C=N–C) groups is 1. The number of alkyl halides is 3. The lowest BCUT2D eigenvalue weighted by atomic mass is 9.58. The highest BCUT2D eigenvalue weighted by Crippen LogP contribution is 2.53. The van der Waals surface area contributed by atoms with Crippen LogP contribution in [-0.2, 0) is 27.8 Å². The standard InChI is InChI=1S/C29H26F5NO3S/c1-18-2-8-23(9-3-18)39(36,37)17-35-22-12-13-28(15-19-4-6-20(7-5-19)29(32,33)34)21(14-22)16-38-27-25(31)11-10-24(30)26(27)28/h2-11,21H,12-17H2,1H3/t21-,28+/m1/s1. The number of fused-ring (bicyclic) bond motifs is 3. The van der Waals surface area contributed by atoms with Gasteiger partial charge in [0.2, 0.25) is 0 Å². The van der Waals surface area contributed by atoms with Crippen molar-refractivity contribution in [2.75, 3.05) is 12.5 Å². The van der Waals surface area contributed by atoms with Gasteiger partial charge in [-0.1, -0.05) is 29.8 Å². The fourth-order valence-electron chi connectivity index (χ4n) is 5.66. The number of aryl methyl sites for hydroxylation is 1. The summed E-state index contributed by atoms with van der Waals surface area (Å²) in [4.78, 5) is 4.56. The highest BCUT2D eigenvalue weighted by Gasteiger charge is 2.50. The molecule has 2 atom stereocenters. The topological polar surface area (TPSA) is 55.7 Å². The molecule has 10 heteroatoms. The lowest BCUT2D eigenvalue weighted by molar-refractivity contribution is -0.137. The second-order valence-corrected chi connectivity index (χ2v) is 12.2. The molecule has 0 bridgehead atoms. The number of hydrogen-bond acceptors (Lipinski definition) is 4. The summed E-state index contributed by atoms with van der Waals surface area (Å²) < 4.78 is 101. The highest BCUT2D eigenvalue weighted by molar-refractivity contribution is 7.91. The first-order valence-corrected chi connectivity index (χ1v) is 14.1. The molecule has 2 aliphatic rings. The van der Waals surface area contributed by atoms with E-state index in [1.54, 1.807) is 12.1 Å². The van der Waals surface area contributed by atoms with Gasteiger partial charge in [0.1, 0.15) is 11.7 Å². The van der Waals surface area contributed by atoms with Gasteiger partial charge in [-0.25, -0.2) is 17.2 Å². The van der Waals surface area contributed by atoms with Crippen LogP contribution in [0.3, 0.4) is 0 Å². The molecule has 0 radical (unpaired) electrons. The summed E-state index contributed by atoms with van der Waals surface area (Å²) in [7, 11) is -3.67. The Morgan fingerprint density at radius 3 is 2.31 bits per heavy atom. The van der Waals surface area contributed by atoms with Crippen molar-refractivity contribution in [3.8, 4) is 5.75 Å². The zero-order valence-electron chi connectivity index (χ0n) is 21.1. The molecule has 0 aromatic heterocycles. The van der Waals surface area contributed by atoms with Crippen LogP contribution in [0.25, 0.3) is 0 Å². The van der Waals surface area contributed by atoms with Gasteiger partial charge in [-0.3, -0.25) is 4.99 Å². The number of benzene rings is 3. The summed E-state index contributed by atoms with van der Waals surface area (Å²) in [5, 5.41) is 0. The molecule has 3 aromatic rings. The number of ether oxygens (including phenoxy) is 1. The Hall–Kier alpha value is -3.27. The van der Waals surface area contributed by atoms with E-state index in [1.165, 1.54) is 24.3 Å². The summed E-state index contributed by atoms with van der Waals surface area (Å²) in [5.74, 6) is -2.37. The summed E-state index contributed by atoms with van der Waals surface area (Å²) in [6.07, 6.45) is -3.40. The van der Waals surface area contributed by atoms with Crippen molar-refractivity contribution in [1.82, 2.24) is 0 Å². The summed E-state index contributed by atoms with van der Waals surface area (Å²) in [6.45, 7) is 1.90. The molecule has 1 aliphatic heterocycles. The Labute approximate surface area is 223 Å². The van der Waals surface area contributed by atoms with Crippen LogP contribution in [0, 0.1) is 24.5 Å². The van der Waals surface area contributed by atoms with Crippen molar-refractivity contribution < 1.29 is 35.1 Å². The zero-order chi connectivity index (χ0) is 28.0. The zero-order valence-corrected chi connectivity index (χ0v) is 21.9. The summed E-state index contributed by atoms with van der Waals surface area (Å²) in [6, 6.07) is 13.2. The van der Waals surface area contributed by atoms with E-state index in [-0.39, 0.29) is 29.2 Å². The molecule has 3 aromatic carbocycles. The smallest absolute Gasteiger partial charge is 0.416 e. The molecule has 1 fully saturated rings. The summed E-state index contributed by atoms with van der Waals surface area (Å²) >= 11 is 0. The molecular weight excluding hydrogens is 537 g/mol. The van der Waals surface area contributed by atoms with Gasteiger partial charge < -0.3 is 4.74 Å². The van der Waals surface area contributed by atoms with E-state index in [0.717, 1.165) is 29.8 Å². The van der Waals surface area contributed by atoms with Crippen LogP contribution >= 0.6 is 0 Å². The number of rotatable bonds is 5. The molecule has 1 aliphatic carbocycles. The molecule has 0 saturated heterocycles. The first-order valence-electron chi connectivity index (χ1n) is 12.5. The van der Waals surface area contributed by atoms with Gasteiger partial charge in [-0.15, -0.1) is 0 Å². The average molecular weight is 564 g/mol. The van der Waals surface area contributed by atoms with Crippen LogP contribution < -0.4 is 4.74 Å². The monoisotopic (exact) mass is 563 g/mol. The van der Waals surface area contributed by atoms with Crippen molar-refractivity contribution in [3.05, 3.63) is 94.6 Å². The lowest BCUT2D eigenvalue weighted by Crippen LogP contribution is -2.49.